The summed E-state index contributed by atoms with van der Waals surface area (Å²) in [4.78, 5) is 8.31. The van der Waals surface area contributed by atoms with E-state index < -0.39 is 0 Å². The zero-order valence-corrected chi connectivity index (χ0v) is 11.3. The van der Waals surface area contributed by atoms with Gasteiger partial charge in [0.05, 0.1) is 6.61 Å². The Kier molecular flexibility index (Phi) is 5.19. The summed E-state index contributed by atoms with van der Waals surface area (Å²) in [5, 5.41) is 3.44. The van der Waals surface area contributed by atoms with E-state index in [9.17, 15) is 0 Å². The molecule has 1 aromatic rings. The second-order valence-corrected chi connectivity index (χ2v) is 4.48. The lowest BCUT2D eigenvalue weighted by Gasteiger charge is -2.28. The largest absolute Gasteiger partial charge is 0.478 e. The predicted molar refractivity (Wildman–Crippen MR) is 70.4 cm³/mol. The molecule has 1 rings (SSSR count). The number of anilines is 1. The molecule has 0 fully saturated rings. The fourth-order valence-electron chi connectivity index (χ4n) is 1.43. The van der Waals surface area contributed by atoms with Crippen LogP contribution in [0.25, 0.3) is 0 Å². The second-order valence-electron chi connectivity index (χ2n) is 4.48. The molecule has 0 bridgehead atoms. The van der Waals surface area contributed by atoms with Crippen molar-refractivity contribution in [1.82, 2.24) is 9.97 Å². The van der Waals surface area contributed by atoms with Gasteiger partial charge in [-0.25, -0.2) is 9.97 Å². The third-order valence-corrected chi connectivity index (χ3v) is 3.09. The zero-order chi connectivity index (χ0) is 12.7. The van der Waals surface area contributed by atoms with Crippen molar-refractivity contribution in [3.05, 3.63) is 12.4 Å². The molecule has 4 heteroatoms. The Labute approximate surface area is 104 Å². The molecule has 96 valence electrons. The van der Waals surface area contributed by atoms with Gasteiger partial charge in [-0.3, -0.25) is 0 Å². The Morgan fingerprint density at radius 1 is 1.24 bits per heavy atom. The molecule has 4 nitrogen and oxygen atoms in total. The molecule has 0 spiro atoms. The number of nitrogens with zero attached hydrogens (tertiary/aromatic N) is 2. The molecule has 0 aromatic carbocycles. The molecule has 0 saturated heterocycles. The van der Waals surface area contributed by atoms with E-state index in [2.05, 4.69) is 43.0 Å². The summed E-state index contributed by atoms with van der Waals surface area (Å²) >= 11 is 0. The maximum Gasteiger partial charge on any atom is 0.218 e. The molecule has 0 unspecified atom stereocenters. The normalized spacial score (nSPS) is 11.3. The molecule has 1 aromatic heterocycles. The average Bonchev–Trinajstić information content (AvgIpc) is 2.36. The lowest BCUT2D eigenvalue weighted by molar-refractivity contribution is 0.304. The van der Waals surface area contributed by atoms with Crippen molar-refractivity contribution < 1.29 is 4.74 Å². The number of hydrogen-bond donors (Lipinski definition) is 1. The monoisotopic (exact) mass is 237 g/mol. The van der Waals surface area contributed by atoms with Crippen molar-refractivity contribution >= 4 is 5.82 Å². The highest BCUT2D eigenvalue weighted by atomic mass is 16.5. The molecular weight excluding hydrogens is 214 g/mol. The summed E-state index contributed by atoms with van der Waals surface area (Å²) in [6.07, 6.45) is 4.63. The van der Waals surface area contributed by atoms with Gasteiger partial charge in [0.1, 0.15) is 12.1 Å². The Balaban J connectivity index is 2.71. The molecule has 1 N–H and O–H groups in total. The van der Waals surface area contributed by atoms with Crippen LogP contribution in [-0.4, -0.2) is 22.1 Å². The van der Waals surface area contributed by atoms with E-state index in [1.165, 1.54) is 0 Å². The van der Waals surface area contributed by atoms with E-state index in [4.69, 9.17) is 4.74 Å². The Morgan fingerprint density at radius 3 is 2.53 bits per heavy atom. The fraction of sp³-hybridized carbons (Fsp3) is 0.692. The summed E-state index contributed by atoms with van der Waals surface area (Å²) in [5.74, 6) is 1.47. The minimum absolute atomic E-state index is 0.0797. The lowest BCUT2D eigenvalue weighted by atomic mass is 9.96. The smallest absolute Gasteiger partial charge is 0.218 e. The van der Waals surface area contributed by atoms with Gasteiger partial charge in [-0.1, -0.05) is 20.8 Å². The van der Waals surface area contributed by atoms with Crippen LogP contribution in [0.5, 0.6) is 5.88 Å². The highest BCUT2D eigenvalue weighted by Crippen LogP contribution is 2.21. The molecule has 0 aliphatic rings. The van der Waals surface area contributed by atoms with Gasteiger partial charge < -0.3 is 10.1 Å². The quantitative estimate of drug-likeness (QED) is 0.790. The maximum absolute atomic E-state index is 5.49. The van der Waals surface area contributed by atoms with Crippen molar-refractivity contribution in [3.8, 4) is 5.88 Å². The third-order valence-electron chi connectivity index (χ3n) is 3.09. The van der Waals surface area contributed by atoms with Gasteiger partial charge in [0, 0.05) is 11.6 Å². The number of rotatable bonds is 7. The summed E-state index contributed by atoms with van der Waals surface area (Å²) < 4.78 is 5.49. The lowest BCUT2D eigenvalue weighted by Crippen LogP contribution is -2.33. The van der Waals surface area contributed by atoms with E-state index >= 15 is 0 Å². The van der Waals surface area contributed by atoms with Crippen LogP contribution < -0.4 is 10.1 Å². The zero-order valence-electron chi connectivity index (χ0n) is 11.3. The van der Waals surface area contributed by atoms with Gasteiger partial charge in [0.2, 0.25) is 5.88 Å². The van der Waals surface area contributed by atoms with Crippen LogP contribution in [0.1, 0.15) is 47.0 Å². The minimum atomic E-state index is 0.0797. The maximum atomic E-state index is 5.49. The van der Waals surface area contributed by atoms with E-state index in [0.717, 1.165) is 25.1 Å². The van der Waals surface area contributed by atoms with Crippen molar-refractivity contribution in [3.63, 3.8) is 0 Å². The molecule has 1 heterocycles. The number of nitrogens with one attached hydrogen (secondary N) is 1. The van der Waals surface area contributed by atoms with E-state index in [1.807, 2.05) is 6.07 Å². The molecule has 0 atom stereocenters. The Bertz CT molecular complexity index is 337. The van der Waals surface area contributed by atoms with Crippen molar-refractivity contribution in [2.45, 2.75) is 52.5 Å². The van der Waals surface area contributed by atoms with Crippen LogP contribution in [-0.2, 0) is 0 Å². The van der Waals surface area contributed by atoms with E-state index in [0.29, 0.717) is 12.5 Å². The van der Waals surface area contributed by atoms with Gasteiger partial charge in [-0.15, -0.1) is 0 Å². The van der Waals surface area contributed by atoms with E-state index in [1.54, 1.807) is 6.33 Å². The number of hydrogen-bond acceptors (Lipinski definition) is 4. The van der Waals surface area contributed by atoms with Gasteiger partial charge in [0.25, 0.3) is 0 Å². The van der Waals surface area contributed by atoms with Crippen LogP contribution in [0.3, 0.4) is 0 Å². The highest BCUT2D eigenvalue weighted by Gasteiger charge is 2.19. The molecular formula is C13H23N3O. The second kappa shape index (κ2) is 6.42. The summed E-state index contributed by atoms with van der Waals surface area (Å²) in [5.41, 5.74) is 0.0797. The molecule has 0 radical (unpaired) electrons. The Morgan fingerprint density at radius 2 is 1.94 bits per heavy atom. The van der Waals surface area contributed by atoms with Crippen LogP contribution in [0, 0.1) is 0 Å². The summed E-state index contributed by atoms with van der Waals surface area (Å²) in [6.45, 7) is 9.31. The van der Waals surface area contributed by atoms with Gasteiger partial charge in [0.15, 0.2) is 0 Å². The van der Waals surface area contributed by atoms with Gasteiger partial charge in [-0.2, -0.15) is 0 Å². The van der Waals surface area contributed by atoms with E-state index in [-0.39, 0.29) is 5.54 Å². The molecule has 17 heavy (non-hydrogen) atoms. The van der Waals surface area contributed by atoms with Gasteiger partial charge >= 0.3 is 0 Å². The molecule has 0 aliphatic heterocycles. The van der Waals surface area contributed by atoms with Crippen LogP contribution in [0.4, 0.5) is 5.82 Å². The van der Waals surface area contributed by atoms with Crippen LogP contribution in [0.15, 0.2) is 12.4 Å². The van der Waals surface area contributed by atoms with Crippen LogP contribution in [0.2, 0.25) is 0 Å². The Hall–Kier alpha value is -1.32. The number of aromatic nitrogens is 2. The van der Waals surface area contributed by atoms with Gasteiger partial charge in [-0.05, 0) is 26.2 Å². The first-order chi connectivity index (χ1) is 8.13. The first kappa shape index (κ1) is 13.7. The predicted octanol–water partition coefficient (Wildman–Crippen LogP) is 3.26. The topological polar surface area (TPSA) is 47.0 Å². The van der Waals surface area contributed by atoms with Crippen molar-refractivity contribution in [2.75, 3.05) is 11.9 Å². The number of ether oxygens (including phenoxy) is 1. The first-order valence-electron chi connectivity index (χ1n) is 6.36. The van der Waals surface area contributed by atoms with Crippen molar-refractivity contribution in [2.24, 2.45) is 0 Å². The third kappa shape index (κ3) is 4.21. The first-order valence-corrected chi connectivity index (χ1v) is 6.36. The highest BCUT2D eigenvalue weighted by molar-refractivity contribution is 5.39. The molecule has 0 saturated carbocycles. The summed E-state index contributed by atoms with van der Waals surface area (Å²) in [6, 6.07) is 1.86. The molecule has 0 amide bonds. The standard InChI is InChI=1S/C13H23N3O/c1-5-8-17-12-9-11(14-10-15-12)16-13(4,6-2)7-3/h9-10H,5-8H2,1-4H3,(H,14,15,16). The average molecular weight is 237 g/mol. The summed E-state index contributed by atoms with van der Waals surface area (Å²) in [7, 11) is 0. The minimum Gasteiger partial charge on any atom is -0.478 e. The van der Waals surface area contributed by atoms with Crippen molar-refractivity contribution in [1.29, 1.82) is 0 Å². The van der Waals surface area contributed by atoms with Crippen LogP contribution >= 0.6 is 0 Å². The molecule has 0 aliphatic carbocycles. The fourth-order valence-corrected chi connectivity index (χ4v) is 1.43. The SMILES string of the molecule is CCCOc1cc(NC(C)(CC)CC)ncn1.